The zero-order valence-corrected chi connectivity index (χ0v) is 14.4. The van der Waals surface area contributed by atoms with Gasteiger partial charge in [0, 0.05) is 22.3 Å². The van der Waals surface area contributed by atoms with Crippen molar-refractivity contribution in [1.29, 1.82) is 0 Å². The van der Waals surface area contributed by atoms with Gasteiger partial charge in [0.15, 0.2) is 0 Å². The molecule has 0 spiro atoms. The molecule has 0 radical (unpaired) electrons. The van der Waals surface area contributed by atoms with E-state index in [1.54, 1.807) is 0 Å². The van der Waals surface area contributed by atoms with Gasteiger partial charge in [-0.1, -0.05) is 20.8 Å². The lowest BCUT2D eigenvalue weighted by atomic mass is 9.77. The summed E-state index contributed by atoms with van der Waals surface area (Å²) in [5, 5.41) is 0. The molecule has 2 nitrogen and oxygen atoms in total. The fourth-order valence-corrected chi connectivity index (χ4v) is 3.86. The number of nitrogens with two attached hydrogens (primary N) is 1. The van der Waals surface area contributed by atoms with E-state index in [0.717, 1.165) is 11.6 Å². The van der Waals surface area contributed by atoms with Crippen LogP contribution in [0.1, 0.15) is 40.0 Å². The van der Waals surface area contributed by atoms with Crippen molar-refractivity contribution in [2.45, 2.75) is 40.0 Å². The molecular formula is C16H25IN2. The first-order valence-corrected chi connectivity index (χ1v) is 8.26. The van der Waals surface area contributed by atoms with Crippen molar-refractivity contribution in [2.24, 2.45) is 11.3 Å². The molecule has 2 N–H and O–H groups in total. The van der Waals surface area contributed by atoms with Crippen LogP contribution in [0.3, 0.4) is 0 Å². The lowest BCUT2D eigenvalue weighted by Gasteiger charge is -2.30. The van der Waals surface area contributed by atoms with Crippen LogP contribution >= 0.6 is 22.6 Å². The highest BCUT2D eigenvalue weighted by atomic mass is 127. The standard InChI is InChI=1S/C16H25IN2/c1-16(2,3)12-5-4-9-19(10-8-12)15-7-6-13(18)11-14(15)17/h6-7,11-12H,4-5,8-10,18H2,1-3H3. The van der Waals surface area contributed by atoms with Crippen molar-refractivity contribution in [3.63, 3.8) is 0 Å². The third-order valence-corrected chi connectivity index (χ3v) is 5.13. The topological polar surface area (TPSA) is 29.3 Å². The van der Waals surface area contributed by atoms with Gasteiger partial charge in [-0.05, 0) is 71.4 Å². The van der Waals surface area contributed by atoms with Gasteiger partial charge in [-0.15, -0.1) is 0 Å². The first-order valence-electron chi connectivity index (χ1n) is 7.18. The van der Waals surface area contributed by atoms with E-state index in [0.29, 0.717) is 5.41 Å². The summed E-state index contributed by atoms with van der Waals surface area (Å²) in [5.74, 6) is 0.837. The minimum absolute atomic E-state index is 0.435. The second kappa shape index (κ2) is 5.90. The smallest absolute Gasteiger partial charge is 0.0503 e. The maximum atomic E-state index is 5.84. The number of hydrogen-bond acceptors (Lipinski definition) is 2. The quantitative estimate of drug-likeness (QED) is 0.580. The molecule has 0 bridgehead atoms. The van der Waals surface area contributed by atoms with Gasteiger partial charge in [0.25, 0.3) is 0 Å². The minimum atomic E-state index is 0.435. The lowest BCUT2D eigenvalue weighted by molar-refractivity contribution is 0.220. The Morgan fingerprint density at radius 3 is 2.58 bits per heavy atom. The van der Waals surface area contributed by atoms with Crippen molar-refractivity contribution < 1.29 is 0 Å². The summed E-state index contributed by atoms with van der Waals surface area (Å²) in [6.07, 6.45) is 3.94. The van der Waals surface area contributed by atoms with Crippen LogP contribution in [-0.4, -0.2) is 13.1 Å². The molecule has 1 aliphatic rings. The van der Waals surface area contributed by atoms with Gasteiger partial charge in [0.1, 0.15) is 0 Å². The molecule has 1 saturated heterocycles. The van der Waals surface area contributed by atoms with E-state index in [4.69, 9.17) is 5.73 Å². The van der Waals surface area contributed by atoms with E-state index in [1.807, 2.05) is 6.07 Å². The predicted octanol–water partition coefficient (Wildman–Crippen LogP) is 4.53. The second-order valence-corrected chi connectivity index (χ2v) is 7.85. The van der Waals surface area contributed by atoms with Crippen LogP contribution in [0.15, 0.2) is 18.2 Å². The molecule has 1 fully saturated rings. The number of rotatable bonds is 1. The van der Waals surface area contributed by atoms with Crippen molar-refractivity contribution in [3.8, 4) is 0 Å². The van der Waals surface area contributed by atoms with Crippen LogP contribution in [0.25, 0.3) is 0 Å². The van der Waals surface area contributed by atoms with Crippen molar-refractivity contribution in [3.05, 3.63) is 21.8 Å². The molecule has 0 aromatic heterocycles. The predicted molar refractivity (Wildman–Crippen MR) is 92.6 cm³/mol. The average molecular weight is 372 g/mol. The Balaban J connectivity index is 2.11. The largest absolute Gasteiger partial charge is 0.399 e. The number of anilines is 2. The number of nitrogen functional groups attached to an aromatic ring is 1. The highest BCUT2D eigenvalue weighted by Gasteiger charge is 2.27. The molecule has 1 aromatic rings. The van der Waals surface area contributed by atoms with Crippen LogP contribution in [0.5, 0.6) is 0 Å². The highest BCUT2D eigenvalue weighted by Crippen LogP contribution is 2.36. The molecule has 3 heteroatoms. The summed E-state index contributed by atoms with van der Waals surface area (Å²) in [7, 11) is 0. The fourth-order valence-electron chi connectivity index (χ4n) is 2.98. The SMILES string of the molecule is CC(C)(C)C1CCCN(c2ccc(N)cc2I)CC1. The minimum Gasteiger partial charge on any atom is -0.399 e. The van der Waals surface area contributed by atoms with E-state index >= 15 is 0 Å². The monoisotopic (exact) mass is 372 g/mol. The highest BCUT2D eigenvalue weighted by molar-refractivity contribution is 14.1. The normalized spacial score (nSPS) is 21.3. The Kier molecular flexibility index (Phi) is 4.64. The van der Waals surface area contributed by atoms with Gasteiger partial charge in [0.05, 0.1) is 5.69 Å². The molecule has 1 aromatic carbocycles. The molecule has 0 saturated carbocycles. The van der Waals surface area contributed by atoms with Crippen LogP contribution in [0.2, 0.25) is 0 Å². The average Bonchev–Trinajstić information content (AvgIpc) is 2.54. The van der Waals surface area contributed by atoms with E-state index in [-0.39, 0.29) is 0 Å². The van der Waals surface area contributed by atoms with Crippen LogP contribution in [0.4, 0.5) is 11.4 Å². The summed E-state index contributed by atoms with van der Waals surface area (Å²) >= 11 is 2.40. The molecule has 1 atom stereocenters. The van der Waals surface area contributed by atoms with Gasteiger partial charge in [-0.3, -0.25) is 0 Å². The molecule has 0 amide bonds. The molecule has 19 heavy (non-hydrogen) atoms. The summed E-state index contributed by atoms with van der Waals surface area (Å²) < 4.78 is 1.27. The first kappa shape index (κ1) is 14.9. The Bertz CT molecular complexity index is 437. The maximum Gasteiger partial charge on any atom is 0.0503 e. The number of hydrogen-bond donors (Lipinski definition) is 1. The molecule has 1 unspecified atom stereocenters. The molecule has 2 rings (SSSR count). The van der Waals surface area contributed by atoms with Gasteiger partial charge < -0.3 is 10.6 Å². The third-order valence-electron chi connectivity index (χ3n) is 4.27. The zero-order chi connectivity index (χ0) is 14.0. The molecule has 0 aliphatic carbocycles. The Morgan fingerprint density at radius 1 is 1.21 bits per heavy atom. The van der Waals surface area contributed by atoms with E-state index < -0.39 is 0 Å². The van der Waals surface area contributed by atoms with E-state index in [2.05, 4.69) is 60.4 Å². The Labute approximate surface area is 130 Å². The Hall–Kier alpha value is -0.450. The van der Waals surface area contributed by atoms with Crippen molar-refractivity contribution in [2.75, 3.05) is 23.7 Å². The fraction of sp³-hybridized carbons (Fsp3) is 0.625. The third kappa shape index (κ3) is 3.77. The summed E-state index contributed by atoms with van der Waals surface area (Å²) in [6, 6.07) is 6.26. The van der Waals surface area contributed by atoms with Crippen LogP contribution < -0.4 is 10.6 Å². The Morgan fingerprint density at radius 2 is 1.95 bits per heavy atom. The number of halogens is 1. The van der Waals surface area contributed by atoms with Gasteiger partial charge in [0.2, 0.25) is 0 Å². The first-order chi connectivity index (χ1) is 8.88. The van der Waals surface area contributed by atoms with Crippen LogP contribution in [0, 0.1) is 14.9 Å². The molecular weight excluding hydrogens is 347 g/mol. The van der Waals surface area contributed by atoms with Crippen molar-refractivity contribution >= 4 is 34.0 Å². The van der Waals surface area contributed by atoms with Crippen molar-refractivity contribution in [1.82, 2.24) is 0 Å². The molecule has 1 aliphatic heterocycles. The molecule has 106 valence electrons. The van der Waals surface area contributed by atoms with Gasteiger partial charge in [-0.2, -0.15) is 0 Å². The zero-order valence-electron chi connectivity index (χ0n) is 12.2. The second-order valence-electron chi connectivity index (χ2n) is 6.69. The number of benzene rings is 1. The van der Waals surface area contributed by atoms with Gasteiger partial charge in [-0.25, -0.2) is 0 Å². The number of nitrogens with zero attached hydrogens (tertiary/aromatic N) is 1. The maximum absolute atomic E-state index is 5.84. The molecule has 1 heterocycles. The lowest BCUT2D eigenvalue weighted by Crippen LogP contribution is -2.26. The summed E-state index contributed by atoms with van der Waals surface area (Å²) in [5.41, 5.74) is 8.49. The summed E-state index contributed by atoms with van der Waals surface area (Å²) in [6.45, 7) is 9.47. The van der Waals surface area contributed by atoms with Gasteiger partial charge >= 0.3 is 0 Å². The van der Waals surface area contributed by atoms with E-state index in [1.165, 1.54) is 41.6 Å². The van der Waals surface area contributed by atoms with Crippen LogP contribution in [-0.2, 0) is 0 Å². The summed E-state index contributed by atoms with van der Waals surface area (Å²) in [4.78, 5) is 2.53. The van der Waals surface area contributed by atoms with E-state index in [9.17, 15) is 0 Å².